The molecule has 0 spiro atoms. The Balaban J connectivity index is 1.45. The predicted molar refractivity (Wildman–Crippen MR) is 115 cm³/mol. The van der Waals surface area contributed by atoms with Crippen LogP contribution in [0.4, 0.5) is 5.69 Å². The molecule has 2 N–H and O–H groups in total. The zero-order valence-corrected chi connectivity index (χ0v) is 17.8. The van der Waals surface area contributed by atoms with Gasteiger partial charge in [-0.2, -0.15) is 0 Å². The second-order valence-corrected chi connectivity index (χ2v) is 7.71. The van der Waals surface area contributed by atoms with Crippen molar-refractivity contribution in [3.63, 3.8) is 0 Å². The van der Waals surface area contributed by atoms with Crippen LogP contribution in [0, 0.1) is 13.8 Å². The van der Waals surface area contributed by atoms with E-state index in [1.54, 1.807) is 0 Å². The van der Waals surface area contributed by atoms with Gasteiger partial charge in [0.05, 0.1) is 19.3 Å². The first-order valence-corrected chi connectivity index (χ1v) is 10.4. The first kappa shape index (κ1) is 21.1. The van der Waals surface area contributed by atoms with Crippen LogP contribution in [0.25, 0.3) is 0 Å². The normalized spacial score (nSPS) is 16.6. The maximum Gasteiger partial charge on any atom is 0.313 e. The van der Waals surface area contributed by atoms with E-state index in [0.717, 1.165) is 29.8 Å². The fourth-order valence-corrected chi connectivity index (χ4v) is 3.92. The van der Waals surface area contributed by atoms with Crippen molar-refractivity contribution >= 4 is 17.5 Å². The quantitative estimate of drug-likeness (QED) is 0.714. The molecule has 8 nitrogen and oxygen atoms in total. The van der Waals surface area contributed by atoms with E-state index in [-0.39, 0.29) is 12.8 Å². The van der Waals surface area contributed by atoms with Crippen LogP contribution >= 0.6 is 0 Å². The summed E-state index contributed by atoms with van der Waals surface area (Å²) in [6.07, 6.45) is 0. The van der Waals surface area contributed by atoms with Crippen LogP contribution in [0.1, 0.15) is 22.7 Å². The summed E-state index contributed by atoms with van der Waals surface area (Å²) < 4.78 is 16.4. The largest absolute Gasteiger partial charge is 0.454 e. The van der Waals surface area contributed by atoms with Crippen molar-refractivity contribution in [1.82, 2.24) is 10.2 Å². The first-order valence-electron chi connectivity index (χ1n) is 10.4. The van der Waals surface area contributed by atoms with Gasteiger partial charge in [-0.25, -0.2) is 0 Å². The number of hydrogen-bond acceptors (Lipinski definition) is 6. The molecule has 4 rings (SSSR count). The smallest absolute Gasteiger partial charge is 0.313 e. The zero-order chi connectivity index (χ0) is 21.8. The summed E-state index contributed by atoms with van der Waals surface area (Å²) in [6.45, 7) is 7.02. The molecule has 164 valence electrons. The highest BCUT2D eigenvalue weighted by atomic mass is 16.7. The van der Waals surface area contributed by atoms with E-state index in [9.17, 15) is 9.59 Å². The molecule has 1 saturated heterocycles. The van der Waals surface area contributed by atoms with Gasteiger partial charge < -0.3 is 24.8 Å². The Bertz CT molecular complexity index is 951. The van der Waals surface area contributed by atoms with Crippen molar-refractivity contribution in [1.29, 1.82) is 0 Å². The lowest BCUT2D eigenvalue weighted by Gasteiger charge is -2.35. The molecule has 0 aromatic heterocycles. The molecule has 2 aromatic rings. The van der Waals surface area contributed by atoms with E-state index in [2.05, 4.69) is 15.5 Å². The minimum atomic E-state index is -0.677. The number of anilines is 1. The molecule has 1 fully saturated rings. The van der Waals surface area contributed by atoms with Gasteiger partial charge in [-0.05, 0) is 42.7 Å². The van der Waals surface area contributed by atoms with Crippen LogP contribution in [0.3, 0.4) is 0 Å². The molecule has 2 heterocycles. The van der Waals surface area contributed by atoms with Crippen molar-refractivity contribution in [3.8, 4) is 11.5 Å². The molecule has 31 heavy (non-hydrogen) atoms. The Hall–Kier alpha value is -3.10. The van der Waals surface area contributed by atoms with Crippen LogP contribution in [0.2, 0.25) is 0 Å². The number of carbonyl (C=O) groups excluding carboxylic acids is 2. The number of para-hydroxylation sites is 1. The number of amides is 2. The summed E-state index contributed by atoms with van der Waals surface area (Å²) in [5.41, 5.74) is 3.48. The van der Waals surface area contributed by atoms with E-state index in [1.807, 2.05) is 50.2 Å². The van der Waals surface area contributed by atoms with Gasteiger partial charge in [0.15, 0.2) is 11.5 Å². The van der Waals surface area contributed by atoms with Gasteiger partial charge in [0.2, 0.25) is 6.79 Å². The maximum atomic E-state index is 12.6. The lowest BCUT2D eigenvalue weighted by atomic mass is 10.0. The van der Waals surface area contributed by atoms with E-state index >= 15 is 0 Å². The van der Waals surface area contributed by atoms with E-state index in [4.69, 9.17) is 14.2 Å². The Morgan fingerprint density at radius 1 is 1.00 bits per heavy atom. The number of benzene rings is 2. The Morgan fingerprint density at radius 2 is 1.71 bits per heavy atom. The molecular weight excluding hydrogens is 398 g/mol. The van der Waals surface area contributed by atoms with Crippen molar-refractivity contribution in [2.45, 2.75) is 19.9 Å². The summed E-state index contributed by atoms with van der Waals surface area (Å²) in [7, 11) is 0. The third-order valence-corrected chi connectivity index (χ3v) is 5.65. The van der Waals surface area contributed by atoms with E-state index in [0.29, 0.717) is 36.9 Å². The fourth-order valence-electron chi connectivity index (χ4n) is 3.92. The van der Waals surface area contributed by atoms with Crippen LogP contribution < -0.4 is 20.1 Å². The first-order chi connectivity index (χ1) is 15.0. The lowest BCUT2D eigenvalue weighted by Crippen LogP contribution is -2.45. The van der Waals surface area contributed by atoms with Gasteiger partial charge in [-0.3, -0.25) is 14.5 Å². The molecule has 2 aliphatic rings. The third kappa shape index (κ3) is 4.81. The second kappa shape index (κ2) is 9.36. The highest BCUT2D eigenvalue weighted by molar-refractivity contribution is 6.39. The molecule has 0 saturated carbocycles. The average molecular weight is 425 g/mol. The summed E-state index contributed by atoms with van der Waals surface area (Å²) in [5, 5.41) is 5.53. The number of nitrogens with one attached hydrogen (secondary N) is 2. The molecule has 0 unspecified atom stereocenters. The number of nitrogens with zero attached hydrogens (tertiary/aromatic N) is 1. The topological polar surface area (TPSA) is 89.1 Å². The number of morpholine rings is 1. The molecule has 0 radical (unpaired) electrons. The molecular formula is C23H27N3O5. The Labute approximate surface area is 181 Å². The molecule has 0 bridgehead atoms. The molecule has 8 heteroatoms. The van der Waals surface area contributed by atoms with Crippen molar-refractivity contribution in [2.24, 2.45) is 0 Å². The summed E-state index contributed by atoms with van der Waals surface area (Å²) in [4.78, 5) is 27.3. The summed E-state index contributed by atoms with van der Waals surface area (Å²) in [5.74, 6) is 0.0572. The van der Waals surface area contributed by atoms with Crippen molar-refractivity contribution < 1.29 is 23.8 Å². The highest BCUT2D eigenvalue weighted by Crippen LogP contribution is 2.35. The summed E-state index contributed by atoms with van der Waals surface area (Å²) >= 11 is 0. The van der Waals surface area contributed by atoms with Gasteiger partial charge in [-0.15, -0.1) is 0 Å². The standard InChI is InChI=1S/C23H27N3O5/c1-15-4-3-5-16(2)21(15)25-23(28)22(27)24-13-18(26-8-10-29-11-9-26)17-6-7-19-20(12-17)31-14-30-19/h3-7,12,18H,8-11,13-14H2,1-2H3,(H,24,27)(H,25,28)/t18-/m1/s1. The molecule has 2 aliphatic heterocycles. The van der Waals surface area contributed by atoms with Gasteiger partial charge in [0, 0.05) is 25.3 Å². The van der Waals surface area contributed by atoms with Crippen molar-refractivity contribution in [3.05, 3.63) is 53.1 Å². The molecule has 1 atom stereocenters. The maximum absolute atomic E-state index is 12.6. The number of aryl methyl sites for hydroxylation is 2. The monoisotopic (exact) mass is 425 g/mol. The predicted octanol–water partition coefficient (Wildman–Crippen LogP) is 2.16. The molecule has 2 amide bonds. The number of ether oxygens (including phenoxy) is 3. The number of carbonyl (C=O) groups is 2. The lowest BCUT2D eigenvalue weighted by molar-refractivity contribution is -0.136. The van der Waals surface area contributed by atoms with Crippen LogP contribution in [0.15, 0.2) is 36.4 Å². The second-order valence-electron chi connectivity index (χ2n) is 7.71. The van der Waals surface area contributed by atoms with Crippen molar-refractivity contribution in [2.75, 3.05) is 45.0 Å². The SMILES string of the molecule is Cc1cccc(C)c1NC(=O)C(=O)NC[C@H](c1ccc2c(c1)OCO2)N1CCOCC1. The van der Waals surface area contributed by atoms with Crippen LogP contribution in [0.5, 0.6) is 11.5 Å². The Morgan fingerprint density at radius 3 is 2.45 bits per heavy atom. The minimum absolute atomic E-state index is 0.115. The number of hydrogen-bond donors (Lipinski definition) is 2. The summed E-state index contributed by atoms with van der Waals surface area (Å²) in [6, 6.07) is 11.4. The van der Waals surface area contributed by atoms with Gasteiger partial charge in [-0.1, -0.05) is 24.3 Å². The highest BCUT2D eigenvalue weighted by Gasteiger charge is 2.26. The third-order valence-electron chi connectivity index (χ3n) is 5.65. The van der Waals surface area contributed by atoms with Gasteiger partial charge >= 0.3 is 11.8 Å². The van der Waals surface area contributed by atoms with Crippen LogP contribution in [-0.2, 0) is 14.3 Å². The molecule has 0 aliphatic carbocycles. The Kier molecular flexibility index (Phi) is 6.39. The van der Waals surface area contributed by atoms with Gasteiger partial charge in [0.1, 0.15) is 0 Å². The van der Waals surface area contributed by atoms with E-state index < -0.39 is 11.8 Å². The number of fused-ring (bicyclic) bond motifs is 1. The van der Waals surface area contributed by atoms with Crippen LogP contribution in [-0.4, -0.2) is 56.4 Å². The average Bonchev–Trinajstić information content (AvgIpc) is 3.25. The van der Waals surface area contributed by atoms with E-state index in [1.165, 1.54) is 0 Å². The van der Waals surface area contributed by atoms with Gasteiger partial charge in [0.25, 0.3) is 0 Å². The minimum Gasteiger partial charge on any atom is -0.454 e. The zero-order valence-electron chi connectivity index (χ0n) is 17.8. The molecule has 2 aromatic carbocycles. The fraction of sp³-hybridized carbons (Fsp3) is 0.391. The number of rotatable bonds is 5.